The third-order valence-corrected chi connectivity index (χ3v) is 6.66. The second-order valence-corrected chi connectivity index (χ2v) is 8.39. The molecule has 4 nitrogen and oxygen atoms in total. The SMILES string of the molecule is CC(=O)Nc1sc2c(c1-c1nc3ccccc3s1)C[C@@H](C)N[C@H]2C. The minimum Gasteiger partial charge on any atom is -0.317 e. The fourth-order valence-corrected chi connectivity index (χ4v) is 5.76. The van der Waals surface area contributed by atoms with Gasteiger partial charge in [-0.2, -0.15) is 0 Å². The third-order valence-electron chi connectivity index (χ3n) is 4.27. The van der Waals surface area contributed by atoms with Crippen LogP contribution in [-0.2, 0) is 11.2 Å². The Labute approximate surface area is 148 Å². The monoisotopic (exact) mass is 357 g/mol. The maximum atomic E-state index is 11.7. The predicted octanol–water partition coefficient (Wildman–Crippen LogP) is 4.58. The molecule has 0 bridgehead atoms. The first-order chi connectivity index (χ1) is 11.5. The van der Waals surface area contributed by atoms with E-state index in [4.69, 9.17) is 4.98 Å². The molecule has 124 valence electrons. The summed E-state index contributed by atoms with van der Waals surface area (Å²) in [6, 6.07) is 8.90. The van der Waals surface area contributed by atoms with E-state index in [0.29, 0.717) is 12.1 Å². The van der Waals surface area contributed by atoms with E-state index in [0.717, 1.165) is 27.5 Å². The summed E-state index contributed by atoms with van der Waals surface area (Å²) in [6.07, 6.45) is 0.959. The van der Waals surface area contributed by atoms with Crippen LogP contribution in [0, 0.1) is 0 Å². The smallest absolute Gasteiger partial charge is 0.221 e. The summed E-state index contributed by atoms with van der Waals surface area (Å²) in [5.74, 6) is -0.0374. The Bertz CT molecular complexity index is 895. The standard InChI is InChI=1S/C18H19N3OS2/c1-9-8-12-15(18-21-13-6-4-5-7-14(13)23-18)17(20-11(3)22)24-16(12)10(2)19-9/h4-7,9-10,19H,8H2,1-3H3,(H,20,22)/t9-,10+/m1/s1. The molecule has 1 aliphatic rings. The summed E-state index contributed by atoms with van der Waals surface area (Å²) < 4.78 is 1.18. The normalized spacial score (nSPS) is 20.1. The van der Waals surface area contributed by atoms with Gasteiger partial charge in [0, 0.05) is 29.4 Å². The van der Waals surface area contributed by atoms with Crippen LogP contribution >= 0.6 is 22.7 Å². The average Bonchev–Trinajstić information content (AvgIpc) is 3.07. The molecule has 2 atom stereocenters. The molecule has 0 saturated heterocycles. The number of thiazole rings is 1. The quantitative estimate of drug-likeness (QED) is 0.706. The van der Waals surface area contributed by atoms with Gasteiger partial charge in [0.2, 0.25) is 5.91 Å². The van der Waals surface area contributed by atoms with Crippen molar-refractivity contribution in [3.05, 3.63) is 34.7 Å². The van der Waals surface area contributed by atoms with Gasteiger partial charge in [-0.25, -0.2) is 4.98 Å². The summed E-state index contributed by atoms with van der Waals surface area (Å²) in [6.45, 7) is 5.95. The fourth-order valence-electron chi connectivity index (χ4n) is 3.36. The Morgan fingerprint density at radius 1 is 1.29 bits per heavy atom. The van der Waals surface area contributed by atoms with Gasteiger partial charge in [0.05, 0.1) is 10.2 Å². The predicted molar refractivity (Wildman–Crippen MR) is 102 cm³/mol. The molecular weight excluding hydrogens is 338 g/mol. The van der Waals surface area contributed by atoms with Gasteiger partial charge in [0.15, 0.2) is 0 Å². The highest BCUT2D eigenvalue weighted by atomic mass is 32.1. The van der Waals surface area contributed by atoms with E-state index in [9.17, 15) is 4.79 Å². The molecule has 2 N–H and O–H groups in total. The van der Waals surface area contributed by atoms with Crippen molar-refractivity contribution in [3.8, 4) is 10.6 Å². The van der Waals surface area contributed by atoms with Crippen molar-refractivity contribution in [2.75, 3.05) is 5.32 Å². The molecule has 4 rings (SSSR count). The number of aromatic nitrogens is 1. The molecule has 3 heterocycles. The largest absolute Gasteiger partial charge is 0.317 e. The first-order valence-corrected chi connectivity index (χ1v) is 9.71. The van der Waals surface area contributed by atoms with Gasteiger partial charge in [-0.3, -0.25) is 4.79 Å². The topological polar surface area (TPSA) is 54.0 Å². The molecule has 1 aliphatic heterocycles. The van der Waals surface area contributed by atoms with Crippen molar-refractivity contribution in [3.63, 3.8) is 0 Å². The van der Waals surface area contributed by atoms with Crippen LogP contribution in [0.5, 0.6) is 0 Å². The van der Waals surface area contributed by atoms with Crippen LogP contribution in [0.25, 0.3) is 20.8 Å². The molecule has 0 aliphatic carbocycles. The molecule has 2 aromatic heterocycles. The van der Waals surface area contributed by atoms with Gasteiger partial charge in [-0.15, -0.1) is 22.7 Å². The molecule has 6 heteroatoms. The van der Waals surface area contributed by atoms with E-state index in [1.807, 2.05) is 18.2 Å². The van der Waals surface area contributed by atoms with Crippen LogP contribution in [0.3, 0.4) is 0 Å². The number of carbonyl (C=O) groups is 1. The van der Waals surface area contributed by atoms with Crippen molar-refractivity contribution in [2.45, 2.75) is 39.3 Å². The number of anilines is 1. The molecule has 1 amide bonds. The number of amides is 1. The summed E-state index contributed by atoms with van der Waals surface area (Å²) in [5.41, 5.74) is 3.47. The van der Waals surface area contributed by atoms with Crippen LogP contribution < -0.4 is 10.6 Å². The molecule has 0 radical (unpaired) electrons. The molecular formula is C18H19N3OS2. The average molecular weight is 358 g/mol. The summed E-state index contributed by atoms with van der Waals surface area (Å²) >= 11 is 3.37. The molecule has 0 fully saturated rings. The Balaban J connectivity index is 1.93. The molecule has 0 saturated carbocycles. The van der Waals surface area contributed by atoms with Crippen molar-refractivity contribution in [2.24, 2.45) is 0 Å². The van der Waals surface area contributed by atoms with Crippen LogP contribution in [0.15, 0.2) is 24.3 Å². The first-order valence-electron chi connectivity index (χ1n) is 8.08. The zero-order valence-electron chi connectivity index (χ0n) is 13.8. The second kappa shape index (κ2) is 5.95. The summed E-state index contributed by atoms with van der Waals surface area (Å²) in [5, 5.41) is 8.54. The third kappa shape index (κ3) is 2.64. The lowest BCUT2D eigenvalue weighted by atomic mass is 9.95. The molecule has 0 unspecified atom stereocenters. The van der Waals surface area contributed by atoms with Gasteiger partial charge in [0.1, 0.15) is 10.0 Å². The van der Waals surface area contributed by atoms with Crippen molar-refractivity contribution in [1.82, 2.24) is 10.3 Å². The first kappa shape index (κ1) is 15.7. The number of fused-ring (bicyclic) bond motifs is 2. The zero-order chi connectivity index (χ0) is 16.8. The van der Waals surface area contributed by atoms with Crippen LogP contribution in [-0.4, -0.2) is 16.9 Å². The number of hydrogen-bond donors (Lipinski definition) is 2. The van der Waals surface area contributed by atoms with Crippen molar-refractivity contribution in [1.29, 1.82) is 0 Å². The molecule has 0 spiro atoms. The fraction of sp³-hybridized carbons (Fsp3) is 0.333. The number of hydrogen-bond acceptors (Lipinski definition) is 5. The van der Waals surface area contributed by atoms with E-state index < -0.39 is 0 Å². The van der Waals surface area contributed by atoms with Crippen molar-refractivity contribution < 1.29 is 4.79 Å². The lowest BCUT2D eigenvalue weighted by Crippen LogP contribution is -2.35. The minimum absolute atomic E-state index is 0.0374. The maximum absolute atomic E-state index is 11.7. The van der Waals surface area contributed by atoms with Gasteiger partial charge in [0.25, 0.3) is 0 Å². The van der Waals surface area contributed by atoms with Crippen LogP contribution in [0.1, 0.15) is 37.3 Å². The van der Waals surface area contributed by atoms with E-state index in [2.05, 4.69) is 30.5 Å². The Morgan fingerprint density at radius 2 is 2.08 bits per heavy atom. The van der Waals surface area contributed by atoms with Crippen LogP contribution in [0.2, 0.25) is 0 Å². The minimum atomic E-state index is -0.0374. The van der Waals surface area contributed by atoms with E-state index in [1.54, 1.807) is 29.6 Å². The van der Waals surface area contributed by atoms with Gasteiger partial charge in [-0.1, -0.05) is 12.1 Å². The summed E-state index contributed by atoms with van der Waals surface area (Å²) in [7, 11) is 0. The second-order valence-electron chi connectivity index (χ2n) is 6.31. The Morgan fingerprint density at radius 3 is 2.83 bits per heavy atom. The Kier molecular flexibility index (Phi) is 3.90. The number of carbonyl (C=O) groups excluding carboxylic acids is 1. The van der Waals surface area contributed by atoms with Crippen molar-refractivity contribution >= 4 is 43.8 Å². The number of nitrogens with one attached hydrogen (secondary N) is 2. The Hall–Kier alpha value is -1.76. The number of thiophene rings is 1. The molecule has 3 aromatic rings. The number of para-hydroxylation sites is 1. The van der Waals surface area contributed by atoms with Gasteiger partial charge in [-0.05, 0) is 38.0 Å². The lowest BCUT2D eigenvalue weighted by Gasteiger charge is -2.26. The highest BCUT2D eigenvalue weighted by Gasteiger charge is 2.30. The zero-order valence-corrected chi connectivity index (χ0v) is 15.5. The maximum Gasteiger partial charge on any atom is 0.221 e. The van der Waals surface area contributed by atoms with Gasteiger partial charge < -0.3 is 10.6 Å². The van der Waals surface area contributed by atoms with E-state index >= 15 is 0 Å². The highest BCUT2D eigenvalue weighted by Crippen LogP contribution is 2.47. The number of benzene rings is 1. The number of rotatable bonds is 2. The molecule has 1 aromatic carbocycles. The number of nitrogens with zero attached hydrogens (tertiary/aromatic N) is 1. The molecule has 24 heavy (non-hydrogen) atoms. The highest BCUT2D eigenvalue weighted by molar-refractivity contribution is 7.23. The van der Waals surface area contributed by atoms with E-state index in [1.165, 1.54) is 15.1 Å². The van der Waals surface area contributed by atoms with Gasteiger partial charge >= 0.3 is 0 Å². The lowest BCUT2D eigenvalue weighted by molar-refractivity contribution is -0.114. The van der Waals surface area contributed by atoms with E-state index in [-0.39, 0.29) is 5.91 Å². The van der Waals surface area contributed by atoms with Crippen LogP contribution in [0.4, 0.5) is 5.00 Å². The summed E-state index contributed by atoms with van der Waals surface area (Å²) in [4.78, 5) is 17.8.